The Labute approximate surface area is 399 Å². The lowest BCUT2D eigenvalue weighted by Crippen LogP contribution is -2.58. The van der Waals surface area contributed by atoms with E-state index in [2.05, 4.69) is 29.9 Å². The van der Waals surface area contributed by atoms with E-state index in [9.17, 15) is 29.4 Å². The molecule has 2 saturated carbocycles. The Bertz CT molecular complexity index is 2810. The molecule has 4 aromatic rings. The van der Waals surface area contributed by atoms with E-state index in [1.807, 2.05) is 19.6 Å². The van der Waals surface area contributed by atoms with Gasteiger partial charge in [-0.05, 0) is 76.3 Å². The summed E-state index contributed by atoms with van der Waals surface area (Å²) in [6.45, 7) is 2.57. The monoisotopic (exact) mass is 966 g/mol. The molecule has 6 aliphatic rings. The first-order chi connectivity index (χ1) is 33.6. The van der Waals surface area contributed by atoms with Crippen LogP contribution in [0.3, 0.4) is 0 Å². The van der Waals surface area contributed by atoms with Crippen LogP contribution in [0.1, 0.15) is 110 Å². The van der Waals surface area contributed by atoms with E-state index in [4.69, 9.17) is 22.9 Å². The van der Waals surface area contributed by atoms with Gasteiger partial charge in [0.1, 0.15) is 22.4 Å². The van der Waals surface area contributed by atoms with E-state index < -0.39 is 45.6 Å². The van der Waals surface area contributed by atoms with Crippen molar-refractivity contribution in [3.63, 3.8) is 0 Å². The number of carbonyl (C=O) groups is 2. The zero-order valence-corrected chi connectivity index (χ0v) is 38.5. The summed E-state index contributed by atoms with van der Waals surface area (Å²) in [5.41, 5.74) is 23.6. The fourth-order valence-electron chi connectivity index (χ4n) is 10.8. The van der Waals surface area contributed by atoms with Crippen LogP contribution >= 0.6 is 0 Å². The Kier molecular flexibility index (Phi) is 12.2. The smallest absolute Gasteiger partial charge is 0.341 e. The van der Waals surface area contributed by atoms with Crippen LogP contribution in [0.5, 0.6) is 0 Å². The van der Waals surface area contributed by atoms with Gasteiger partial charge in [0, 0.05) is 87.9 Å². The van der Waals surface area contributed by atoms with Crippen molar-refractivity contribution in [2.75, 3.05) is 49.1 Å². The number of fused-ring (bicyclic) bond motifs is 6. The average Bonchev–Trinajstić information content (AvgIpc) is 4.26. The molecule has 6 fully saturated rings. The van der Waals surface area contributed by atoms with Gasteiger partial charge in [-0.25, -0.2) is 28.3 Å². The van der Waals surface area contributed by atoms with Crippen LogP contribution in [0.25, 0.3) is 22.1 Å². The highest BCUT2D eigenvalue weighted by atomic mass is 19.1. The Morgan fingerprint density at radius 1 is 0.571 bits per heavy atom. The van der Waals surface area contributed by atoms with Gasteiger partial charge in [-0.3, -0.25) is 19.6 Å². The number of carboxylic acid groups (broad SMARTS) is 2. The third-order valence-electron chi connectivity index (χ3n) is 14.4. The van der Waals surface area contributed by atoms with Crippen molar-refractivity contribution in [1.29, 1.82) is 0 Å². The first-order valence-electron chi connectivity index (χ1n) is 24.0. The molecule has 10 rings (SSSR count). The summed E-state index contributed by atoms with van der Waals surface area (Å²) in [6, 6.07) is 1.91. The number of pyridine rings is 4. The minimum atomic E-state index is -1.36. The van der Waals surface area contributed by atoms with Crippen LogP contribution in [0.15, 0.2) is 54.1 Å². The number of hydrogen-bond donors (Lipinski definition) is 6. The number of aromatic carboxylic acids is 2. The van der Waals surface area contributed by atoms with E-state index >= 15 is 8.78 Å². The molecule has 22 nitrogen and oxygen atoms in total. The normalized spacial score (nSPS) is 23.1. The third kappa shape index (κ3) is 8.89. The lowest BCUT2D eigenvalue weighted by Gasteiger charge is -2.42. The molecule has 4 saturated heterocycles. The second-order valence-corrected chi connectivity index (χ2v) is 19.2. The maximum Gasteiger partial charge on any atom is 0.341 e. The van der Waals surface area contributed by atoms with Gasteiger partial charge in [-0.1, -0.05) is 12.8 Å². The van der Waals surface area contributed by atoms with Crippen LogP contribution < -0.4 is 43.6 Å². The number of anilines is 2. The van der Waals surface area contributed by atoms with Gasteiger partial charge in [-0.2, -0.15) is 9.98 Å². The number of hydrogen-bond acceptors (Lipinski definition) is 10. The van der Waals surface area contributed by atoms with E-state index in [1.54, 1.807) is 9.13 Å². The first-order valence-corrected chi connectivity index (χ1v) is 24.0. The van der Waals surface area contributed by atoms with E-state index in [0.717, 1.165) is 89.2 Å². The average molecular weight is 967 g/mol. The number of piperazine rings is 2. The highest BCUT2D eigenvalue weighted by Gasteiger charge is 2.44. The van der Waals surface area contributed by atoms with Gasteiger partial charge in [-0.15, -0.1) is 0 Å². The zero-order chi connectivity index (χ0) is 49.1. The summed E-state index contributed by atoms with van der Waals surface area (Å²) >= 11 is 0. The number of carboxylic acids is 2. The molecular weight excluding hydrogens is 911 g/mol. The van der Waals surface area contributed by atoms with Crippen LogP contribution in [-0.4, -0.2) is 138 Å². The minimum Gasteiger partial charge on any atom is -0.477 e. The molecule has 0 spiro atoms. The van der Waals surface area contributed by atoms with Crippen molar-refractivity contribution in [3.05, 3.63) is 67.7 Å². The van der Waals surface area contributed by atoms with Crippen molar-refractivity contribution in [2.24, 2.45) is 42.9 Å². The van der Waals surface area contributed by atoms with Crippen LogP contribution in [0, 0.1) is 11.6 Å². The molecule has 370 valence electrons. The lowest BCUT2D eigenvalue weighted by molar-refractivity contribution is 0.0684. The Morgan fingerprint density at radius 2 is 0.914 bits per heavy atom. The first kappa shape index (κ1) is 46.3. The molecule has 4 aliphatic heterocycles. The van der Waals surface area contributed by atoms with Crippen molar-refractivity contribution in [2.45, 2.75) is 113 Å². The largest absolute Gasteiger partial charge is 0.477 e. The molecule has 8 heterocycles. The summed E-state index contributed by atoms with van der Waals surface area (Å²) in [5, 5.41) is 19.1. The molecule has 10 N–H and O–H groups in total. The molecule has 4 bridgehead atoms. The molecule has 4 atom stereocenters. The number of nitrogens with two attached hydrogens (primary N) is 4. The third-order valence-corrected chi connectivity index (χ3v) is 14.4. The van der Waals surface area contributed by atoms with Gasteiger partial charge >= 0.3 is 11.9 Å². The van der Waals surface area contributed by atoms with Crippen LogP contribution in [0.2, 0.25) is 0 Å². The van der Waals surface area contributed by atoms with Gasteiger partial charge in [0.2, 0.25) is 22.8 Å². The topological polar surface area (TPSA) is 311 Å². The number of aliphatic imine (C=N–C) groups is 4. The molecule has 0 aromatic carbocycles. The highest BCUT2D eigenvalue weighted by molar-refractivity contribution is 5.95. The van der Waals surface area contributed by atoms with E-state index in [1.165, 1.54) is 12.4 Å². The van der Waals surface area contributed by atoms with Crippen molar-refractivity contribution in [1.82, 2.24) is 28.9 Å². The second kappa shape index (κ2) is 18.5. The summed E-state index contributed by atoms with van der Waals surface area (Å²) in [6.07, 6.45) is 12.4. The Morgan fingerprint density at radius 3 is 1.24 bits per heavy atom. The van der Waals surface area contributed by atoms with E-state index in [0.29, 0.717) is 39.3 Å². The Hall–Kier alpha value is -7.40. The summed E-state index contributed by atoms with van der Waals surface area (Å²) in [5.74, 6) is -3.24. The standard InChI is InChI=1S/C46H56F2N16O6/c47-33-15-29-35(65)31(41(67)68)21-61(23-5-6-23)37(29)55-39(33)59-17-25-9-10-26(18-59)63(25)45(51)57-43(49)53-13-3-1-2-4-14-54-44(50)58-46(52)64-27-11-12-28(64)20-60(19-27)40-34(48)16-30-36(66)32(42(69)70)22-62(24-7-8-24)38(30)56-40/h15-16,21-28H,1-14,17-20H2,(H,67,68)(H,69,70)(H4,49,51,53,57)(H4,50,52,54,58). The highest BCUT2D eigenvalue weighted by Crippen LogP contribution is 2.40. The van der Waals surface area contributed by atoms with E-state index in [-0.39, 0.29) is 93.8 Å². The lowest BCUT2D eigenvalue weighted by atomic mass is 10.1. The molecule has 70 heavy (non-hydrogen) atoms. The summed E-state index contributed by atoms with van der Waals surface area (Å²) in [7, 11) is 0. The van der Waals surface area contributed by atoms with Crippen molar-refractivity contribution >= 4 is 69.5 Å². The molecule has 0 amide bonds. The zero-order valence-electron chi connectivity index (χ0n) is 38.5. The van der Waals surface area contributed by atoms with Gasteiger partial charge < -0.3 is 61.9 Å². The minimum absolute atomic E-state index is 0.0113. The molecule has 0 radical (unpaired) electrons. The molecule has 24 heteroatoms. The number of guanidine groups is 4. The molecule has 4 unspecified atom stereocenters. The molecular formula is C46H56F2N16O6. The van der Waals surface area contributed by atoms with Crippen molar-refractivity contribution in [3.8, 4) is 0 Å². The quantitative estimate of drug-likeness (QED) is 0.0636. The maximum atomic E-state index is 15.6. The molecule has 4 aromatic heterocycles. The predicted octanol–water partition coefficient (Wildman–Crippen LogP) is 2.28. The van der Waals surface area contributed by atoms with Gasteiger partial charge in [0.05, 0.1) is 10.8 Å². The van der Waals surface area contributed by atoms with Gasteiger partial charge in [0.25, 0.3) is 0 Å². The SMILES string of the molecule is NC(=NCCCCCCN=C(N)/N=C(\N)N1C2CCC1CN(c1nc3c(cc1F)c(=O)c(C(=O)O)cn3C1CC1)C2)/N=C(\N)N1C2CCC1CN(c1nc3c(cc1F)c(=O)c(C(=O)O)cn3C1CC1)C2. The summed E-state index contributed by atoms with van der Waals surface area (Å²) < 4.78 is 34.7. The second-order valence-electron chi connectivity index (χ2n) is 19.2. The number of rotatable bonds is 13. The number of nitrogens with zero attached hydrogens (tertiary/aromatic N) is 12. The Balaban J connectivity index is 0.682. The summed E-state index contributed by atoms with van der Waals surface area (Å²) in [4.78, 5) is 84.0. The van der Waals surface area contributed by atoms with Gasteiger partial charge in [0.15, 0.2) is 35.2 Å². The number of unbranched alkanes of at least 4 members (excludes halogenated alkanes) is 3. The number of aromatic nitrogens is 4. The van der Waals surface area contributed by atoms with Crippen molar-refractivity contribution < 1.29 is 28.6 Å². The predicted molar refractivity (Wildman–Crippen MR) is 259 cm³/mol. The van der Waals surface area contributed by atoms with Crippen LogP contribution in [-0.2, 0) is 0 Å². The van der Waals surface area contributed by atoms with Crippen LogP contribution in [0.4, 0.5) is 20.4 Å². The fraction of sp³-hybridized carbons (Fsp3) is 0.522. The maximum absolute atomic E-state index is 15.6. The number of halogens is 2. The molecule has 2 aliphatic carbocycles. The fourth-order valence-corrected chi connectivity index (χ4v) is 10.8.